The summed E-state index contributed by atoms with van der Waals surface area (Å²) in [6, 6.07) is 18.7. The van der Waals surface area contributed by atoms with Gasteiger partial charge in [-0.3, -0.25) is 19.4 Å². The number of rotatable bonds is 11. The first-order valence-corrected chi connectivity index (χ1v) is 12.8. The standard InChI is InChI=1S/C28H25N5O4S/c1-37-14-13-30-23-24(26(35)25(23)34)32-18-6-8-19(9-7-18)33-28(36)27-22(11-15-38-27)31-16-17-10-12-29-21-5-3-2-4-20(17)21/h2-12,15,30-32H,13-14,16H2,1H3,(H,33,36). The van der Waals surface area contributed by atoms with Crippen LogP contribution in [0.1, 0.15) is 15.2 Å². The maximum Gasteiger partial charge on any atom is 0.267 e. The lowest BCUT2D eigenvalue weighted by Crippen LogP contribution is -2.37. The van der Waals surface area contributed by atoms with Crippen LogP contribution in [0.25, 0.3) is 10.9 Å². The van der Waals surface area contributed by atoms with E-state index < -0.39 is 10.9 Å². The summed E-state index contributed by atoms with van der Waals surface area (Å²) in [7, 11) is 1.56. The number of hydrogen-bond acceptors (Lipinski definition) is 9. The molecule has 0 saturated heterocycles. The number of ether oxygens (including phenoxy) is 1. The van der Waals surface area contributed by atoms with Gasteiger partial charge in [0.05, 0.1) is 17.8 Å². The first-order valence-electron chi connectivity index (χ1n) is 11.9. The Bertz CT molecular complexity index is 1650. The van der Waals surface area contributed by atoms with Gasteiger partial charge in [-0.05, 0) is 53.4 Å². The van der Waals surface area contributed by atoms with E-state index in [2.05, 4.69) is 26.3 Å². The van der Waals surface area contributed by atoms with E-state index in [1.807, 2.05) is 41.8 Å². The van der Waals surface area contributed by atoms with Gasteiger partial charge in [0.1, 0.15) is 16.3 Å². The number of benzene rings is 2. The fourth-order valence-corrected chi connectivity index (χ4v) is 4.82. The van der Waals surface area contributed by atoms with Crippen molar-refractivity contribution < 1.29 is 9.53 Å². The molecule has 0 bridgehead atoms. The van der Waals surface area contributed by atoms with Crippen molar-refractivity contribution in [2.45, 2.75) is 6.54 Å². The molecule has 0 aliphatic rings. The third-order valence-electron chi connectivity index (χ3n) is 6.01. The van der Waals surface area contributed by atoms with Crippen molar-refractivity contribution in [2.24, 2.45) is 0 Å². The summed E-state index contributed by atoms with van der Waals surface area (Å²) in [4.78, 5) is 41.8. The van der Waals surface area contributed by atoms with Crippen molar-refractivity contribution in [3.05, 3.63) is 103 Å². The molecule has 0 aliphatic carbocycles. The van der Waals surface area contributed by atoms with E-state index in [-0.39, 0.29) is 17.3 Å². The third kappa shape index (κ3) is 5.26. The van der Waals surface area contributed by atoms with Crippen molar-refractivity contribution in [3.8, 4) is 0 Å². The molecule has 0 fully saturated rings. The Balaban J connectivity index is 1.22. The third-order valence-corrected chi connectivity index (χ3v) is 6.92. The first kappa shape index (κ1) is 25.1. The summed E-state index contributed by atoms with van der Waals surface area (Å²) in [5.74, 6) is -0.227. The predicted molar refractivity (Wildman–Crippen MR) is 153 cm³/mol. The number of nitrogens with one attached hydrogen (secondary N) is 4. The quantitative estimate of drug-likeness (QED) is 0.146. The van der Waals surface area contributed by atoms with Gasteiger partial charge in [-0.2, -0.15) is 0 Å². The molecule has 0 saturated carbocycles. The molecular weight excluding hydrogens is 502 g/mol. The molecule has 10 heteroatoms. The largest absolute Gasteiger partial charge is 0.383 e. The van der Waals surface area contributed by atoms with E-state index in [1.54, 1.807) is 37.6 Å². The summed E-state index contributed by atoms with van der Waals surface area (Å²) < 4.78 is 4.96. The van der Waals surface area contributed by atoms with Crippen molar-refractivity contribution in [2.75, 3.05) is 41.5 Å². The minimum absolute atomic E-state index is 0.221. The maximum atomic E-state index is 13.0. The van der Waals surface area contributed by atoms with E-state index in [0.717, 1.165) is 22.2 Å². The summed E-state index contributed by atoms with van der Waals surface area (Å²) in [6.07, 6.45) is 1.78. The van der Waals surface area contributed by atoms with Crippen LogP contribution < -0.4 is 32.1 Å². The Hall–Kier alpha value is -4.54. The van der Waals surface area contributed by atoms with Crippen molar-refractivity contribution in [1.29, 1.82) is 0 Å². The van der Waals surface area contributed by atoms with Crippen molar-refractivity contribution in [3.63, 3.8) is 0 Å². The Morgan fingerprint density at radius 3 is 2.50 bits per heavy atom. The van der Waals surface area contributed by atoms with Crippen molar-refractivity contribution in [1.82, 2.24) is 4.98 Å². The van der Waals surface area contributed by atoms with Gasteiger partial charge in [0.2, 0.25) is 0 Å². The smallest absolute Gasteiger partial charge is 0.267 e. The lowest BCUT2D eigenvalue weighted by atomic mass is 10.1. The number of aromatic nitrogens is 1. The Morgan fingerprint density at radius 2 is 1.68 bits per heavy atom. The van der Waals surface area contributed by atoms with Gasteiger partial charge < -0.3 is 26.0 Å². The number of carbonyl (C=O) groups is 1. The molecule has 2 heterocycles. The van der Waals surface area contributed by atoms with E-state index in [0.29, 0.717) is 35.9 Å². The molecular formula is C28H25N5O4S. The van der Waals surface area contributed by atoms with Gasteiger partial charge in [0, 0.05) is 43.2 Å². The minimum atomic E-state index is -0.570. The molecule has 9 nitrogen and oxygen atoms in total. The molecule has 5 aromatic rings. The van der Waals surface area contributed by atoms with Gasteiger partial charge in [-0.15, -0.1) is 11.3 Å². The lowest BCUT2D eigenvalue weighted by Gasteiger charge is -2.15. The average Bonchev–Trinajstić information content (AvgIpc) is 3.43. The van der Waals surface area contributed by atoms with Crippen LogP contribution in [0.5, 0.6) is 0 Å². The molecule has 0 aliphatic heterocycles. The minimum Gasteiger partial charge on any atom is -0.383 e. The molecule has 3 aromatic carbocycles. The number of para-hydroxylation sites is 1. The van der Waals surface area contributed by atoms with Gasteiger partial charge in [0.25, 0.3) is 16.8 Å². The average molecular weight is 528 g/mol. The Labute approximate surface area is 222 Å². The van der Waals surface area contributed by atoms with Crippen LogP contribution in [0.15, 0.2) is 81.8 Å². The topological polar surface area (TPSA) is 121 Å². The monoisotopic (exact) mass is 527 g/mol. The number of anilines is 5. The normalized spacial score (nSPS) is 11.0. The molecule has 192 valence electrons. The number of nitrogens with zero attached hydrogens (tertiary/aromatic N) is 1. The summed E-state index contributed by atoms with van der Waals surface area (Å²) in [5.41, 5.74) is 3.34. The van der Waals surface area contributed by atoms with Crippen LogP contribution in [-0.2, 0) is 11.3 Å². The van der Waals surface area contributed by atoms with Crippen LogP contribution in [0.4, 0.5) is 28.4 Å². The SMILES string of the molecule is COCCNc1c(Nc2ccc(NC(=O)c3sccc3NCc3ccnc4ccccc34)cc2)c(=O)c1=O. The fraction of sp³-hybridized carbons (Fsp3) is 0.143. The van der Waals surface area contributed by atoms with Gasteiger partial charge >= 0.3 is 0 Å². The number of methoxy groups -OCH3 is 1. The highest BCUT2D eigenvalue weighted by Gasteiger charge is 2.20. The molecule has 0 unspecified atom stereocenters. The fourth-order valence-electron chi connectivity index (χ4n) is 4.05. The van der Waals surface area contributed by atoms with Crippen LogP contribution >= 0.6 is 11.3 Å². The Morgan fingerprint density at radius 1 is 0.921 bits per heavy atom. The van der Waals surface area contributed by atoms with Gasteiger partial charge in [-0.1, -0.05) is 18.2 Å². The number of amides is 1. The second kappa shape index (κ2) is 11.2. The molecule has 5 rings (SSSR count). The predicted octanol–water partition coefficient (Wildman–Crippen LogP) is 4.56. The second-order valence-corrected chi connectivity index (χ2v) is 9.40. The molecule has 1 amide bonds. The highest BCUT2D eigenvalue weighted by Crippen LogP contribution is 2.27. The van der Waals surface area contributed by atoms with E-state index in [4.69, 9.17) is 4.74 Å². The zero-order valence-corrected chi connectivity index (χ0v) is 21.4. The van der Waals surface area contributed by atoms with Gasteiger partial charge in [0.15, 0.2) is 0 Å². The van der Waals surface area contributed by atoms with E-state index in [9.17, 15) is 14.4 Å². The van der Waals surface area contributed by atoms with Crippen LogP contribution in [0.2, 0.25) is 0 Å². The lowest BCUT2D eigenvalue weighted by molar-refractivity contribution is 0.103. The summed E-state index contributed by atoms with van der Waals surface area (Å²) >= 11 is 1.36. The maximum absolute atomic E-state index is 13.0. The molecule has 0 spiro atoms. The van der Waals surface area contributed by atoms with Crippen LogP contribution in [0.3, 0.4) is 0 Å². The molecule has 38 heavy (non-hydrogen) atoms. The van der Waals surface area contributed by atoms with E-state index >= 15 is 0 Å². The summed E-state index contributed by atoms with van der Waals surface area (Å²) in [5, 5.41) is 15.1. The van der Waals surface area contributed by atoms with Crippen LogP contribution in [0, 0.1) is 0 Å². The number of hydrogen-bond donors (Lipinski definition) is 4. The Kier molecular flexibility index (Phi) is 7.43. The number of fused-ring (bicyclic) bond motifs is 1. The van der Waals surface area contributed by atoms with Crippen LogP contribution in [-0.4, -0.2) is 31.2 Å². The zero-order valence-electron chi connectivity index (χ0n) is 20.5. The molecule has 0 atom stereocenters. The van der Waals surface area contributed by atoms with Gasteiger partial charge in [-0.25, -0.2) is 0 Å². The highest BCUT2D eigenvalue weighted by molar-refractivity contribution is 7.12. The zero-order chi connectivity index (χ0) is 26.5. The highest BCUT2D eigenvalue weighted by atomic mass is 32.1. The van der Waals surface area contributed by atoms with Crippen molar-refractivity contribution >= 4 is 56.6 Å². The first-order chi connectivity index (χ1) is 18.5. The molecule has 0 radical (unpaired) electrons. The number of pyridine rings is 1. The van der Waals surface area contributed by atoms with E-state index in [1.165, 1.54) is 11.3 Å². The number of thiophene rings is 1. The number of carbonyl (C=O) groups excluding carboxylic acids is 1. The molecule has 2 aromatic heterocycles. The summed E-state index contributed by atoms with van der Waals surface area (Å²) in [6.45, 7) is 1.38. The molecule has 4 N–H and O–H groups in total. The second-order valence-electron chi connectivity index (χ2n) is 8.49.